The van der Waals surface area contributed by atoms with Gasteiger partial charge in [0.1, 0.15) is 5.78 Å². The first-order valence-corrected chi connectivity index (χ1v) is 19.8. The van der Waals surface area contributed by atoms with Crippen LogP contribution in [0.15, 0.2) is 54.6 Å². The van der Waals surface area contributed by atoms with Gasteiger partial charge in [0.15, 0.2) is 34.5 Å². The number of phenols is 6. The molecule has 4 saturated carbocycles. The van der Waals surface area contributed by atoms with Gasteiger partial charge in [-0.25, -0.2) is 0 Å². The van der Waals surface area contributed by atoms with E-state index in [1.165, 1.54) is 36.4 Å². The summed E-state index contributed by atoms with van der Waals surface area (Å²) in [5.74, 6) is -0.348. The molecule has 2 unspecified atom stereocenters. The van der Waals surface area contributed by atoms with Crippen molar-refractivity contribution >= 4 is 17.6 Å². The van der Waals surface area contributed by atoms with Gasteiger partial charge in [-0.3, -0.25) is 14.4 Å². The first-order valence-electron chi connectivity index (χ1n) is 19.8. The monoisotopic (exact) mass is 756 g/mol. The second-order valence-electron chi connectivity index (χ2n) is 17.1. The molecule has 0 saturated heterocycles. The summed E-state index contributed by atoms with van der Waals surface area (Å²) in [4.78, 5) is 39.6. The van der Waals surface area contributed by atoms with Gasteiger partial charge in [0.2, 0.25) is 11.8 Å². The Bertz CT molecular complexity index is 1650. The lowest BCUT2D eigenvalue weighted by Crippen LogP contribution is -2.57. The van der Waals surface area contributed by atoms with Gasteiger partial charge in [0.25, 0.3) is 0 Å². The molecule has 11 heteroatoms. The molecule has 7 rings (SSSR count). The molecule has 296 valence electrons. The average Bonchev–Trinajstić information content (AvgIpc) is 3.13. The third-order valence-corrected chi connectivity index (χ3v) is 12.6. The molecule has 4 bridgehead atoms. The van der Waals surface area contributed by atoms with Gasteiger partial charge in [0.05, 0.1) is 0 Å². The minimum absolute atomic E-state index is 0.00742. The van der Waals surface area contributed by atoms with Crippen LogP contribution in [0.5, 0.6) is 34.5 Å². The van der Waals surface area contributed by atoms with Crippen molar-refractivity contribution in [3.05, 3.63) is 71.3 Å². The average molecular weight is 757 g/mol. The fourth-order valence-corrected chi connectivity index (χ4v) is 10.7. The van der Waals surface area contributed by atoms with Crippen LogP contribution in [-0.2, 0) is 33.6 Å². The number of Topliss-reactive ketones (excluding diaryl/α,β-unsaturated/α-hetero) is 1. The molecule has 0 spiro atoms. The summed E-state index contributed by atoms with van der Waals surface area (Å²) in [5.41, 5.74) is 2.45. The number of nitrogens with one attached hydrogen (secondary N) is 2. The van der Waals surface area contributed by atoms with E-state index in [0.717, 1.165) is 74.5 Å². The molecular formula is C44H56N2O9. The van der Waals surface area contributed by atoms with Crippen LogP contribution in [0.1, 0.15) is 107 Å². The second-order valence-corrected chi connectivity index (χ2v) is 17.1. The fourth-order valence-electron chi connectivity index (χ4n) is 10.7. The van der Waals surface area contributed by atoms with Crippen LogP contribution in [-0.4, -0.2) is 61.3 Å². The molecule has 4 aliphatic carbocycles. The quantitative estimate of drug-likeness (QED) is 0.0605. The highest BCUT2D eigenvalue weighted by molar-refractivity contribution is 5.78. The molecule has 11 nitrogen and oxygen atoms in total. The van der Waals surface area contributed by atoms with Crippen LogP contribution in [0.4, 0.5) is 0 Å². The summed E-state index contributed by atoms with van der Waals surface area (Å²) in [6, 6.07) is 14.1. The van der Waals surface area contributed by atoms with E-state index in [-0.39, 0.29) is 68.3 Å². The predicted octanol–water partition coefficient (Wildman–Crippen LogP) is 6.83. The van der Waals surface area contributed by atoms with Crippen molar-refractivity contribution in [3.8, 4) is 34.5 Å². The van der Waals surface area contributed by atoms with Crippen LogP contribution >= 0.6 is 0 Å². The number of ketones is 1. The molecule has 55 heavy (non-hydrogen) atoms. The molecule has 0 heterocycles. The van der Waals surface area contributed by atoms with Crippen LogP contribution in [0.2, 0.25) is 0 Å². The number of amides is 2. The van der Waals surface area contributed by atoms with Crippen molar-refractivity contribution < 1.29 is 45.0 Å². The van der Waals surface area contributed by atoms with Crippen molar-refractivity contribution in [1.29, 1.82) is 0 Å². The molecule has 3 aromatic carbocycles. The van der Waals surface area contributed by atoms with Crippen molar-refractivity contribution in [2.75, 3.05) is 13.1 Å². The Morgan fingerprint density at radius 3 is 1.29 bits per heavy atom. The zero-order valence-electron chi connectivity index (χ0n) is 31.6. The van der Waals surface area contributed by atoms with Gasteiger partial charge in [-0.2, -0.15) is 0 Å². The standard InChI is InChI=1S/C44H56N2O9/c47-33(3-1-2-29-4-7-34(48)37(51)20-29)10-15-42-23-32-24-43(26-42,16-11-40(54)45-18-13-30-5-8-35(49)38(52)21-30)28-44(25-32,27-42)17-12-41(55)46-19-14-31-6-9-36(50)39(53)22-31/h4-9,20-22,32,48-53H,1-3,10-19,23-28H2,(H,45,54)(H,46,55). The number of benzene rings is 3. The fraction of sp³-hybridized carbons (Fsp3) is 0.523. The minimum Gasteiger partial charge on any atom is -0.504 e. The Labute approximate surface area is 322 Å². The topological polar surface area (TPSA) is 197 Å². The predicted molar refractivity (Wildman–Crippen MR) is 207 cm³/mol. The first-order chi connectivity index (χ1) is 26.2. The van der Waals surface area contributed by atoms with Gasteiger partial charge in [-0.05, 0) is 159 Å². The molecule has 4 fully saturated rings. The third kappa shape index (κ3) is 10.2. The van der Waals surface area contributed by atoms with Crippen LogP contribution in [0, 0.1) is 22.2 Å². The SMILES string of the molecule is O=C(CCCc1ccc(O)c(O)c1)CCC12CC3CC(CCC(=O)NCCc4ccc(O)c(O)c4)(C1)CC(CCC(=O)NCCc1ccc(O)c(O)c1)(C3)C2. The van der Waals surface area contributed by atoms with Crippen molar-refractivity contribution in [2.24, 2.45) is 22.2 Å². The number of aryl methyl sites for hydroxylation is 1. The van der Waals surface area contributed by atoms with Crippen LogP contribution < -0.4 is 10.6 Å². The molecule has 2 amide bonds. The van der Waals surface area contributed by atoms with Crippen LogP contribution in [0.25, 0.3) is 0 Å². The highest BCUT2D eigenvalue weighted by atomic mass is 16.3. The number of carbonyl (C=O) groups excluding carboxylic acids is 3. The van der Waals surface area contributed by atoms with E-state index < -0.39 is 0 Å². The van der Waals surface area contributed by atoms with Crippen molar-refractivity contribution in [1.82, 2.24) is 10.6 Å². The Morgan fingerprint density at radius 1 is 0.509 bits per heavy atom. The van der Waals surface area contributed by atoms with Crippen LogP contribution in [0.3, 0.4) is 0 Å². The van der Waals surface area contributed by atoms with E-state index in [9.17, 15) is 45.0 Å². The van der Waals surface area contributed by atoms with Crippen molar-refractivity contribution in [3.63, 3.8) is 0 Å². The maximum Gasteiger partial charge on any atom is 0.220 e. The summed E-state index contributed by atoms with van der Waals surface area (Å²) in [5, 5.41) is 64.3. The molecule has 0 aliphatic heterocycles. The summed E-state index contributed by atoms with van der Waals surface area (Å²) >= 11 is 0. The summed E-state index contributed by atoms with van der Waals surface area (Å²) in [6.07, 6.45) is 12.6. The maximum atomic E-state index is 13.3. The maximum absolute atomic E-state index is 13.3. The molecule has 8 N–H and O–H groups in total. The smallest absolute Gasteiger partial charge is 0.220 e. The van der Waals surface area contributed by atoms with Gasteiger partial charge >= 0.3 is 0 Å². The van der Waals surface area contributed by atoms with Gasteiger partial charge in [-0.1, -0.05) is 18.2 Å². The van der Waals surface area contributed by atoms with E-state index in [1.807, 2.05) is 0 Å². The summed E-state index contributed by atoms with van der Waals surface area (Å²) < 4.78 is 0. The first kappa shape index (κ1) is 39.8. The molecule has 0 aromatic heterocycles. The lowest BCUT2D eigenvalue weighted by Gasteiger charge is -2.67. The molecule has 2 atom stereocenters. The van der Waals surface area contributed by atoms with E-state index in [2.05, 4.69) is 10.6 Å². The number of carbonyl (C=O) groups is 3. The number of rotatable bonds is 19. The highest BCUT2D eigenvalue weighted by Crippen LogP contribution is 2.73. The number of aromatic hydroxyl groups is 6. The van der Waals surface area contributed by atoms with Gasteiger partial charge < -0.3 is 41.3 Å². The second kappa shape index (κ2) is 16.8. The highest BCUT2D eigenvalue weighted by Gasteiger charge is 2.62. The molecule has 0 radical (unpaired) electrons. The number of phenolic OH excluding ortho intramolecular Hbond substituents is 6. The summed E-state index contributed by atoms with van der Waals surface area (Å²) in [7, 11) is 0. The number of hydrogen-bond acceptors (Lipinski definition) is 9. The Morgan fingerprint density at radius 2 is 0.891 bits per heavy atom. The lowest BCUT2D eigenvalue weighted by atomic mass is 9.37. The Kier molecular flexibility index (Phi) is 12.2. The number of hydrogen-bond donors (Lipinski definition) is 8. The zero-order chi connectivity index (χ0) is 39.2. The Balaban J connectivity index is 1.06. The zero-order valence-corrected chi connectivity index (χ0v) is 31.6. The normalized spacial score (nSPS) is 23.7. The van der Waals surface area contributed by atoms with E-state index in [1.54, 1.807) is 18.2 Å². The van der Waals surface area contributed by atoms with E-state index in [4.69, 9.17) is 0 Å². The molecule has 3 aromatic rings. The molecular weight excluding hydrogens is 700 g/mol. The third-order valence-electron chi connectivity index (χ3n) is 12.6. The Hall–Kier alpha value is -4.93. The minimum atomic E-state index is -0.182. The summed E-state index contributed by atoms with van der Waals surface area (Å²) in [6.45, 7) is 0.844. The largest absolute Gasteiger partial charge is 0.504 e. The van der Waals surface area contributed by atoms with Gasteiger partial charge in [0, 0.05) is 38.8 Å². The van der Waals surface area contributed by atoms with Gasteiger partial charge in [-0.15, -0.1) is 0 Å². The van der Waals surface area contributed by atoms with E-state index in [0.29, 0.717) is 70.4 Å². The van der Waals surface area contributed by atoms with Crippen molar-refractivity contribution in [2.45, 2.75) is 109 Å². The lowest BCUT2D eigenvalue weighted by molar-refractivity contribution is -0.171. The molecule has 4 aliphatic rings. The van der Waals surface area contributed by atoms with E-state index >= 15 is 0 Å².